The molecule has 0 aliphatic carbocycles. The van der Waals surface area contributed by atoms with Crippen LogP contribution in [0.2, 0.25) is 5.02 Å². The number of benzene rings is 5. The van der Waals surface area contributed by atoms with E-state index in [9.17, 15) is 4.79 Å². The molecule has 1 atom stereocenters. The van der Waals surface area contributed by atoms with Crippen LogP contribution in [0, 0.1) is 0 Å². The molecule has 0 spiro atoms. The number of hydrogen-bond acceptors (Lipinski definition) is 4. The molecule has 0 radical (unpaired) electrons. The van der Waals surface area contributed by atoms with E-state index in [-0.39, 0.29) is 12.6 Å². The molecule has 0 saturated heterocycles. The number of hydrogen-bond donors (Lipinski definition) is 0. The Morgan fingerprint density at radius 1 is 0.739 bits per heavy atom. The first kappa shape index (κ1) is 29.8. The van der Waals surface area contributed by atoms with Crippen molar-refractivity contribution in [3.8, 4) is 5.75 Å². The molecule has 0 aliphatic rings. The fourth-order valence-corrected chi connectivity index (χ4v) is 7.01. The van der Waals surface area contributed by atoms with Gasteiger partial charge in [0.15, 0.2) is 0 Å². The summed E-state index contributed by atoms with van der Waals surface area (Å²) in [6.07, 6.45) is 2.65. The Balaban J connectivity index is 1.29. The number of rotatable bonds is 11. The molecule has 0 N–H and O–H groups in total. The van der Waals surface area contributed by atoms with Gasteiger partial charge in [-0.2, -0.15) is 0 Å². The highest BCUT2D eigenvalue weighted by molar-refractivity contribution is 7.17. The van der Waals surface area contributed by atoms with Crippen molar-refractivity contribution < 1.29 is 14.3 Å². The molecular formula is C40H32ClNO3S. The molecule has 228 valence electrons. The Labute approximate surface area is 277 Å². The Morgan fingerprint density at radius 3 is 2.13 bits per heavy atom. The van der Waals surface area contributed by atoms with E-state index < -0.39 is 5.92 Å². The standard InChI is InChI=1S/C40H32ClNO3S/c41-32-16-19-39-35(21-32)31(27-46-39)23-42-24-37(34-18-17-33(22-38(34)42)44-25-29-12-6-2-7-13-29)36(20-28-10-4-1-5-11-28)40(43)45-26-30-14-8-3-9-15-30/h1-19,21-22,24,27,36H,20,23,25-26H2. The van der Waals surface area contributed by atoms with Gasteiger partial charge >= 0.3 is 5.97 Å². The molecule has 2 aromatic heterocycles. The number of halogens is 1. The van der Waals surface area contributed by atoms with Gasteiger partial charge in [0.25, 0.3) is 0 Å². The van der Waals surface area contributed by atoms with E-state index in [4.69, 9.17) is 21.1 Å². The van der Waals surface area contributed by atoms with Crippen molar-refractivity contribution in [2.45, 2.75) is 32.1 Å². The van der Waals surface area contributed by atoms with Crippen molar-refractivity contribution in [1.29, 1.82) is 0 Å². The largest absolute Gasteiger partial charge is 0.489 e. The maximum absolute atomic E-state index is 14.0. The second-order valence-corrected chi connectivity index (χ2v) is 12.8. The zero-order valence-corrected chi connectivity index (χ0v) is 26.7. The van der Waals surface area contributed by atoms with E-state index in [0.717, 1.165) is 44.3 Å². The summed E-state index contributed by atoms with van der Waals surface area (Å²) in [6.45, 7) is 1.31. The summed E-state index contributed by atoms with van der Waals surface area (Å²) < 4.78 is 15.6. The van der Waals surface area contributed by atoms with Gasteiger partial charge in [-0.05, 0) is 75.3 Å². The number of thiophene rings is 1. The minimum Gasteiger partial charge on any atom is -0.489 e. The van der Waals surface area contributed by atoms with Crippen LogP contribution in [-0.2, 0) is 35.7 Å². The van der Waals surface area contributed by atoms with E-state index in [1.807, 2.05) is 84.9 Å². The van der Waals surface area contributed by atoms with Crippen LogP contribution in [0.5, 0.6) is 5.75 Å². The van der Waals surface area contributed by atoms with E-state index in [0.29, 0.717) is 24.6 Å². The third-order valence-corrected chi connectivity index (χ3v) is 9.50. The maximum atomic E-state index is 14.0. The molecule has 4 nitrogen and oxygen atoms in total. The topological polar surface area (TPSA) is 40.5 Å². The lowest BCUT2D eigenvalue weighted by Crippen LogP contribution is -2.18. The average Bonchev–Trinajstić information content (AvgIpc) is 3.67. The van der Waals surface area contributed by atoms with Crippen LogP contribution in [0.25, 0.3) is 21.0 Å². The fourth-order valence-electron chi connectivity index (χ4n) is 5.90. The quantitative estimate of drug-likeness (QED) is 0.132. The predicted molar refractivity (Wildman–Crippen MR) is 188 cm³/mol. The molecule has 0 aliphatic heterocycles. The van der Waals surface area contributed by atoms with Crippen molar-refractivity contribution in [3.63, 3.8) is 0 Å². The molecule has 7 aromatic rings. The number of esters is 1. The van der Waals surface area contributed by atoms with Gasteiger partial charge in [0.2, 0.25) is 0 Å². The Bertz CT molecular complexity index is 2090. The molecule has 1 unspecified atom stereocenters. The molecule has 7 rings (SSSR count). The van der Waals surface area contributed by atoms with Crippen LogP contribution in [-0.4, -0.2) is 10.5 Å². The summed E-state index contributed by atoms with van der Waals surface area (Å²) in [4.78, 5) is 14.0. The Morgan fingerprint density at radius 2 is 1.41 bits per heavy atom. The highest BCUT2D eigenvalue weighted by Gasteiger charge is 2.27. The number of aromatic nitrogens is 1. The second-order valence-electron chi connectivity index (χ2n) is 11.4. The van der Waals surface area contributed by atoms with Gasteiger partial charge in [-0.15, -0.1) is 11.3 Å². The monoisotopic (exact) mass is 641 g/mol. The number of ether oxygens (including phenoxy) is 2. The minimum absolute atomic E-state index is 0.225. The van der Waals surface area contributed by atoms with Crippen LogP contribution < -0.4 is 4.74 Å². The first-order valence-electron chi connectivity index (χ1n) is 15.3. The van der Waals surface area contributed by atoms with Crippen LogP contribution in [0.3, 0.4) is 0 Å². The van der Waals surface area contributed by atoms with Crippen LogP contribution in [0.15, 0.2) is 139 Å². The van der Waals surface area contributed by atoms with Gasteiger partial charge in [-0.1, -0.05) is 103 Å². The van der Waals surface area contributed by atoms with E-state index in [1.165, 1.54) is 10.3 Å². The first-order valence-corrected chi connectivity index (χ1v) is 16.6. The summed E-state index contributed by atoms with van der Waals surface area (Å²) in [7, 11) is 0. The summed E-state index contributed by atoms with van der Waals surface area (Å²) in [6, 6.07) is 42.3. The normalized spacial score (nSPS) is 11.9. The number of carbonyl (C=O) groups excluding carboxylic acids is 1. The summed E-state index contributed by atoms with van der Waals surface area (Å²) in [5.74, 6) is 0.0234. The van der Waals surface area contributed by atoms with Gasteiger partial charge in [0.05, 0.1) is 11.4 Å². The maximum Gasteiger partial charge on any atom is 0.314 e. The molecule has 0 bridgehead atoms. The van der Waals surface area contributed by atoms with Gasteiger partial charge in [0, 0.05) is 33.9 Å². The number of fused-ring (bicyclic) bond motifs is 2. The minimum atomic E-state index is -0.500. The number of nitrogens with zero attached hydrogens (tertiary/aromatic N) is 1. The Hall–Kier alpha value is -4.84. The summed E-state index contributed by atoms with van der Waals surface area (Å²) in [5, 5.41) is 5.05. The number of carbonyl (C=O) groups is 1. The Kier molecular flexibility index (Phi) is 8.86. The highest BCUT2D eigenvalue weighted by Crippen LogP contribution is 2.36. The predicted octanol–water partition coefficient (Wildman–Crippen LogP) is 10.2. The molecular weight excluding hydrogens is 610 g/mol. The van der Waals surface area contributed by atoms with E-state index >= 15 is 0 Å². The van der Waals surface area contributed by atoms with E-state index in [2.05, 4.69) is 58.6 Å². The first-order chi connectivity index (χ1) is 22.6. The second kappa shape index (κ2) is 13.7. The zero-order valence-electron chi connectivity index (χ0n) is 25.1. The summed E-state index contributed by atoms with van der Waals surface area (Å²) in [5.41, 5.74) is 6.24. The van der Waals surface area contributed by atoms with Crippen molar-refractivity contribution in [2.24, 2.45) is 0 Å². The van der Waals surface area contributed by atoms with Gasteiger partial charge < -0.3 is 14.0 Å². The SMILES string of the molecule is O=C(OCc1ccccc1)C(Cc1ccccc1)c1cn(Cc2csc3ccc(Cl)cc23)c2cc(OCc3ccccc3)ccc12. The molecule has 46 heavy (non-hydrogen) atoms. The molecule has 0 saturated carbocycles. The zero-order chi connectivity index (χ0) is 31.3. The van der Waals surface area contributed by atoms with Gasteiger partial charge in [-0.25, -0.2) is 0 Å². The lowest BCUT2D eigenvalue weighted by Gasteiger charge is -2.16. The molecule has 6 heteroatoms. The van der Waals surface area contributed by atoms with Crippen molar-refractivity contribution in [1.82, 2.24) is 4.57 Å². The van der Waals surface area contributed by atoms with Crippen molar-refractivity contribution in [3.05, 3.63) is 172 Å². The third kappa shape index (κ3) is 6.71. The fraction of sp³-hybridized carbons (Fsp3) is 0.125. The lowest BCUT2D eigenvalue weighted by molar-refractivity contribution is -0.146. The summed E-state index contributed by atoms with van der Waals surface area (Å²) >= 11 is 8.12. The average molecular weight is 642 g/mol. The lowest BCUT2D eigenvalue weighted by atomic mass is 9.91. The van der Waals surface area contributed by atoms with Gasteiger partial charge in [0.1, 0.15) is 19.0 Å². The van der Waals surface area contributed by atoms with Crippen LogP contribution >= 0.6 is 22.9 Å². The van der Waals surface area contributed by atoms with Crippen molar-refractivity contribution in [2.75, 3.05) is 0 Å². The highest BCUT2D eigenvalue weighted by atomic mass is 35.5. The smallest absolute Gasteiger partial charge is 0.314 e. The molecule has 2 heterocycles. The molecule has 5 aromatic carbocycles. The third-order valence-electron chi connectivity index (χ3n) is 8.26. The van der Waals surface area contributed by atoms with Crippen molar-refractivity contribution >= 4 is 49.9 Å². The van der Waals surface area contributed by atoms with Crippen LogP contribution in [0.1, 0.15) is 33.7 Å². The molecule has 0 amide bonds. The van der Waals surface area contributed by atoms with Crippen LogP contribution in [0.4, 0.5) is 0 Å². The molecule has 0 fully saturated rings. The van der Waals surface area contributed by atoms with E-state index in [1.54, 1.807) is 11.3 Å². The van der Waals surface area contributed by atoms with Gasteiger partial charge in [-0.3, -0.25) is 4.79 Å².